The average Bonchev–Trinajstić information content (AvgIpc) is 3.18. The highest BCUT2D eigenvalue weighted by Crippen LogP contribution is 2.33. The fourth-order valence-electron chi connectivity index (χ4n) is 4.47. The van der Waals surface area contributed by atoms with Crippen LogP contribution in [0.3, 0.4) is 0 Å². The van der Waals surface area contributed by atoms with Crippen LogP contribution >= 0.6 is 0 Å². The highest BCUT2D eigenvalue weighted by atomic mass is 32.2. The normalized spacial score (nSPS) is 16.1. The first-order valence-electron chi connectivity index (χ1n) is 12.8. The molecule has 0 aromatic heterocycles. The lowest BCUT2D eigenvalue weighted by molar-refractivity contribution is -0.140. The summed E-state index contributed by atoms with van der Waals surface area (Å²) in [5.41, 5.74) is 0.930. The van der Waals surface area contributed by atoms with Gasteiger partial charge in [0.05, 0.1) is 30.1 Å². The maximum atomic E-state index is 13.2. The molecule has 1 unspecified atom stereocenters. The number of nitrogens with one attached hydrogen (secondary N) is 1. The summed E-state index contributed by atoms with van der Waals surface area (Å²) in [5.74, 6) is -0.966. The standard InChI is InChI=1S/C29H29F3N2O6S/c30-29(31,32)25-8-4-5-9-26(25)41(37,38)33-27(35)17-22-12-10-21(11-13-22)16-24-18-34(14-15-39-19-24)28(36)40-20-23-6-2-1-3-7-23/h1-13,24H,14-20H2,(H,33,35). The lowest BCUT2D eigenvalue weighted by atomic mass is 9.98. The molecule has 0 aliphatic carbocycles. The highest BCUT2D eigenvalue weighted by Gasteiger charge is 2.37. The van der Waals surface area contributed by atoms with Crippen LogP contribution in [0.25, 0.3) is 0 Å². The number of hydrogen-bond donors (Lipinski definition) is 1. The predicted molar refractivity (Wildman–Crippen MR) is 143 cm³/mol. The van der Waals surface area contributed by atoms with Gasteiger partial charge in [-0.2, -0.15) is 13.2 Å². The van der Waals surface area contributed by atoms with Crippen LogP contribution in [0.5, 0.6) is 0 Å². The maximum Gasteiger partial charge on any atom is 0.417 e. The zero-order chi connectivity index (χ0) is 29.5. The molecule has 41 heavy (non-hydrogen) atoms. The molecule has 1 saturated heterocycles. The van der Waals surface area contributed by atoms with Crippen LogP contribution < -0.4 is 4.72 Å². The van der Waals surface area contributed by atoms with Crippen molar-refractivity contribution in [3.63, 3.8) is 0 Å². The number of carbonyl (C=O) groups is 2. The van der Waals surface area contributed by atoms with E-state index in [1.807, 2.05) is 30.3 Å². The smallest absolute Gasteiger partial charge is 0.417 e. The molecule has 0 radical (unpaired) electrons. The van der Waals surface area contributed by atoms with Gasteiger partial charge < -0.3 is 14.4 Å². The molecule has 12 heteroatoms. The van der Waals surface area contributed by atoms with E-state index in [9.17, 15) is 31.2 Å². The first-order valence-corrected chi connectivity index (χ1v) is 14.3. The lowest BCUT2D eigenvalue weighted by Gasteiger charge is -2.23. The van der Waals surface area contributed by atoms with Crippen LogP contribution in [0.4, 0.5) is 18.0 Å². The zero-order valence-electron chi connectivity index (χ0n) is 22.0. The molecule has 4 rings (SSSR count). The third kappa shape index (κ3) is 8.54. The van der Waals surface area contributed by atoms with Crippen LogP contribution in [-0.2, 0) is 49.9 Å². The second-order valence-electron chi connectivity index (χ2n) is 9.65. The van der Waals surface area contributed by atoms with E-state index in [1.54, 1.807) is 33.9 Å². The molecule has 1 aliphatic heterocycles. The van der Waals surface area contributed by atoms with Crippen molar-refractivity contribution in [1.29, 1.82) is 0 Å². The van der Waals surface area contributed by atoms with Crippen LogP contribution in [-0.4, -0.2) is 51.6 Å². The summed E-state index contributed by atoms with van der Waals surface area (Å²) in [6.07, 6.45) is -5.08. The molecule has 1 N–H and O–H groups in total. The topological polar surface area (TPSA) is 102 Å². The first kappa shape index (κ1) is 30.1. The van der Waals surface area contributed by atoms with Gasteiger partial charge in [-0.05, 0) is 35.2 Å². The van der Waals surface area contributed by atoms with Crippen LogP contribution in [0.1, 0.15) is 22.3 Å². The van der Waals surface area contributed by atoms with E-state index in [0.717, 1.165) is 29.3 Å². The molecule has 1 heterocycles. The number of rotatable bonds is 8. The van der Waals surface area contributed by atoms with Crippen molar-refractivity contribution >= 4 is 22.0 Å². The minimum Gasteiger partial charge on any atom is -0.445 e. The van der Waals surface area contributed by atoms with E-state index in [0.29, 0.717) is 44.4 Å². The molecule has 0 saturated carbocycles. The van der Waals surface area contributed by atoms with E-state index in [4.69, 9.17) is 9.47 Å². The van der Waals surface area contributed by atoms with Gasteiger partial charge in [-0.1, -0.05) is 66.7 Å². The molecular weight excluding hydrogens is 561 g/mol. The van der Waals surface area contributed by atoms with Gasteiger partial charge in [-0.3, -0.25) is 4.79 Å². The Kier molecular flexibility index (Phi) is 9.66. The SMILES string of the molecule is O=C(Cc1ccc(CC2COCCN(C(=O)OCc3ccccc3)C2)cc1)NS(=O)(=O)c1ccccc1C(F)(F)F. The van der Waals surface area contributed by atoms with Crippen molar-refractivity contribution in [3.05, 3.63) is 101 Å². The molecule has 3 aromatic carbocycles. The van der Waals surface area contributed by atoms with Gasteiger partial charge in [0.25, 0.3) is 10.0 Å². The van der Waals surface area contributed by atoms with Crippen molar-refractivity contribution in [2.45, 2.75) is 30.5 Å². The van der Waals surface area contributed by atoms with Gasteiger partial charge in [0, 0.05) is 19.0 Å². The summed E-state index contributed by atoms with van der Waals surface area (Å²) in [7, 11) is -4.73. The number of hydrogen-bond acceptors (Lipinski definition) is 6. The van der Waals surface area contributed by atoms with Gasteiger partial charge in [0.1, 0.15) is 6.61 Å². The Hall–Kier alpha value is -3.90. The number of alkyl halides is 3. The van der Waals surface area contributed by atoms with Crippen molar-refractivity contribution < 1.29 is 40.7 Å². The van der Waals surface area contributed by atoms with Crippen LogP contribution in [0.2, 0.25) is 0 Å². The van der Waals surface area contributed by atoms with E-state index < -0.39 is 38.7 Å². The quantitative estimate of drug-likeness (QED) is 0.412. The lowest BCUT2D eigenvalue weighted by Crippen LogP contribution is -2.36. The Labute approximate surface area is 236 Å². The largest absolute Gasteiger partial charge is 0.445 e. The molecular formula is C29H29F3N2O6S. The predicted octanol–water partition coefficient (Wildman–Crippen LogP) is 4.58. The fourth-order valence-corrected chi connectivity index (χ4v) is 5.68. The number of halogens is 3. The van der Waals surface area contributed by atoms with Crippen LogP contribution in [0, 0.1) is 5.92 Å². The summed E-state index contributed by atoms with van der Waals surface area (Å²) in [5, 5.41) is 0. The van der Waals surface area contributed by atoms with Crippen molar-refractivity contribution in [1.82, 2.24) is 9.62 Å². The van der Waals surface area contributed by atoms with Gasteiger partial charge in [0.2, 0.25) is 5.91 Å². The van der Waals surface area contributed by atoms with E-state index >= 15 is 0 Å². The molecule has 218 valence electrons. The monoisotopic (exact) mass is 590 g/mol. The summed E-state index contributed by atoms with van der Waals surface area (Å²) >= 11 is 0. The van der Waals surface area contributed by atoms with Gasteiger partial charge in [-0.15, -0.1) is 0 Å². The number of amides is 2. The highest BCUT2D eigenvalue weighted by molar-refractivity contribution is 7.90. The summed E-state index contributed by atoms with van der Waals surface area (Å²) in [6.45, 7) is 1.86. The summed E-state index contributed by atoms with van der Waals surface area (Å²) < 4.78 is 77.6. The second kappa shape index (κ2) is 13.2. The average molecular weight is 591 g/mol. The molecule has 8 nitrogen and oxygen atoms in total. The van der Waals surface area contributed by atoms with E-state index in [1.165, 1.54) is 0 Å². The third-order valence-electron chi connectivity index (χ3n) is 6.44. The third-order valence-corrected chi connectivity index (χ3v) is 7.87. The number of ether oxygens (including phenoxy) is 2. The number of sulfonamides is 1. The Morgan fingerprint density at radius 2 is 1.59 bits per heavy atom. The molecule has 1 aliphatic rings. The molecule has 3 aromatic rings. The molecule has 0 spiro atoms. The van der Waals surface area contributed by atoms with Crippen molar-refractivity contribution in [2.75, 3.05) is 26.3 Å². The van der Waals surface area contributed by atoms with Crippen LogP contribution in [0.15, 0.2) is 83.8 Å². The molecule has 1 fully saturated rings. The Balaban J connectivity index is 1.31. The number of carbonyl (C=O) groups excluding carboxylic acids is 2. The number of nitrogens with zero attached hydrogens (tertiary/aromatic N) is 1. The second-order valence-corrected chi connectivity index (χ2v) is 11.3. The van der Waals surface area contributed by atoms with Gasteiger partial charge in [0.15, 0.2) is 0 Å². The molecule has 1 atom stereocenters. The summed E-state index contributed by atoms with van der Waals surface area (Å²) in [6, 6.07) is 19.9. The summed E-state index contributed by atoms with van der Waals surface area (Å²) in [4.78, 5) is 25.7. The molecule has 0 bridgehead atoms. The van der Waals surface area contributed by atoms with Gasteiger partial charge >= 0.3 is 12.3 Å². The Bertz CT molecular complexity index is 1450. The van der Waals surface area contributed by atoms with E-state index in [2.05, 4.69) is 0 Å². The Morgan fingerprint density at radius 3 is 2.29 bits per heavy atom. The van der Waals surface area contributed by atoms with Crippen molar-refractivity contribution in [2.24, 2.45) is 5.92 Å². The first-order chi connectivity index (χ1) is 19.5. The Morgan fingerprint density at radius 1 is 0.927 bits per heavy atom. The van der Waals surface area contributed by atoms with Crippen molar-refractivity contribution in [3.8, 4) is 0 Å². The molecule has 2 amide bonds. The minimum atomic E-state index is -4.90. The number of benzene rings is 3. The van der Waals surface area contributed by atoms with Gasteiger partial charge in [-0.25, -0.2) is 17.9 Å². The maximum absolute atomic E-state index is 13.2. The van der Waals surface area contributed by atoms with E-state index in [-0.39, 0.29) is 18.9 Å². The fraction of sp³-hybridized carbons (Fsp3) is 0.310. The minimum absolute atomic E-state index is 0.00484. The zero-order valence-corrected chi connectivity index (χ0v) is 22.8.